The molecule has 1 rings (SSSR count). The van der Waals surface area contributed by atoms with Crippen LogP contribution in [0.25, 0.3) is 0 Å². The summed E-state index contributed by atoms with van der Waals surface area (Å²) in [7, 11) is 0. The van der Waals surface area contributed by atoms with Gasteiger partial charge in [-0.25, -0.2) is 0 Å². The Morgan fingerprint density at radius 1 is 1.17 bits per heavy atom. The second-order valence-corrected chi connectivity index (χ2v) is 6.28. The minimum atomic E-state index is -0.357. The lowest BCUT2D eigenvalue weighted by molar-refractivity contribution is -0.132. The Balaban J connectivity index is 2.63. The van der Waals surface area contributed by atoms with Gasteiger partial charge in [0.2, 0.25) is 5.91 Å². The van der Waals surface area contributed by atoms with Gasteiger partial charge >= 0.3 is 0 Å². The van der Waals surface area contributed by atoms with Gasteiger partial charge in [0.05, 0.1) is 5.41 Å². The molecule has 0 heterocycles. The lowest BCUT2D eigenvalue weighted by atomic mass is 9.78. The maximum absolute atomic E-state index is 12.4. The molecule has 0 spiro atoms. The summed E-state index contributed by atoms with van der Waals surface area (Å²) in [5.41, 5.74) is 5.47. The first-order valence-electron chi connectivity index (χ1n) is 7.48. The molecule has 18 heavy (non-hydrogen) atoms. The third kappa shape index (κ3) is 3.47. The average Bonchev–Trinajstić information content (AvgIpc) is 2.30. The highest BCUT2D eigenvalue weighted by Gasteiger charge is 2.35. The van der Waals surface area contributed by atoms with Gasteiger partial charge in [0, 0.05) is 12.6 Å². The molecule has 106 valence electrons. The van der Waals surface area contributed by atoms with Gasteiger partial charge in [-0.15, -0.1) is 0 Å². The van der Waals surface area contributed by atoms with Crippen molar-refractivity contribution in [3.63, 3.8) is 0 Å². The molecule has 0 bridgehead atoms. The molecule has 0 aromatic carbocycles. The summed E-state index contributed by atoms with van der Waals surface area (Å²) in [5.74, 6) is 1.60. The monoisotopic (exact) mass is 254 g/mol. The van der Waals surface area contributed by atoms with Gasteiger partial charge in [-0.05, 0) is 43.9 Å². The Bertz CT molecular complexity index is 255. The number of hydrogen-bond acceptors (Lipinski definition) is 2. The van der Waals surface area contributed by atoms with Crippen molar-refractivity contribution in [3.8, 4) is 0 Å². The Hall–Kier alpha value is -0.570. The number of carbonyl (C=O) groups is 1. The highest BCUT2D eigenvalue weighted by molar-refractivity contribution is 5.83. The van der Waals surface area contributed by atoms with Crippen LogP contribution >= 0.6 is 0 Å². The van der Waals surface area contributed by atoms with E-state index in [4.69, 9.17) is 5.73 Å². The second kappa shape index (κ2) is 6.55. The van der Waals surface area contributed by atoms with E-state index >= 15 is 0 Å². The highest BCUT2D eigenvalue weighted by Crippen LogP contribution is 2.30. The summed E-state index contributed by atoms with van der Waals surface area (Å²) in [5, 5.41) is 3.25. The predicted molar refractivity (Wildman–Crippen MR) is 76.2 cm³/mol. The zero-order valence-electron chi connectivity index (χ0n) is 12.5. The smallest absolute Gasteiger partial charge is 0.227 e. The Labute approximate surface area is 112 Å². The standard InChI is InChI=1S/C15H30N2O/c1-5-15(6-2,10-16)14(18)17-13-8-11(3)7-12(4)9-13/h11-13H,5-10,16H2,1-4H3,(H,17,18). The van der Waals surface area contributed by atoms with Crippen LogP contribution in [0.1, 0.15) is 59.8 Å². The summed E-state index contributed by atoms with van der Waals surface area (Å²) >= 11 is 0. The van der Waals surface area contributed by atoms with Crippen LogP contribution < -0.4 is 11.1 Å². The molecule has 2 atom stereocenters. The summed E-state index contributed by atoms with van der Waals surface area (Å²) < 4.78 is 0. The van der Waals surface area contributed by atoms with Crippen molar-refractivity contribution >= 4 is 5.91 Å². The molecule has 0 saturated heterocycles. The van der Waals surface area contributed by atoms with Crippen molar-refractivity contribution in [1.29, 1.82) is 0 Å². The van der Waals surface area contributed by atoms with E-state index in [9.17, 15) is 4.79 Å². The van der Waals surface area contributed by atoms with Crippen LogP contribution in [0.15, 0.2) is 0 Å². The Morgan fingerprint density at radius 3 is 2.06 bits per heavy atom. The average molecular weight is 254 g/mol. The van der Waals surface area contributed by atoms with E-state index in [1.54, 1.807) is 0 Å². The van der Waals surface area contributed by atoms with Gasteiger partial charge in [-0.1, -0.05) is 27.7 Å². The fourth-order valence-electron chi connectivity index (χ4n) is 3.36. The van der Waals surface area contributed by atoms with Gasteiger partial charge in [0.1, 0.15) is 0 Å². The zero-order chi connectivity index (χ0) is 13.8. The molecule has 0 radical (unpaired) electrons. The third-order valence-corrected chi connectivity index (χ3v) is 4.74. The van der Waals surface area contributed by atoms with Crippen LogP contribution in [-0.4, -0.2) is 18.5 Å². The SMILES string of the molecule is CCC(CC)(CN)C(=O)NC1CC(C)CC(C)C1. The molecule has 3 heteroatoms. The molecule has 1 aliphatic rings. The first-order valence-corrected chi connectivity index (χ1v) is 7.48. The van der Waals surface area contributed by atoms with E-state index in [2.05, 4.69) is 33.0 Å². The molecule has 1 fully saturated rings. The fourth-order valence-corrected chi connectivity index (χ4v) is 3.36. The maximum Gasteiger partial charge on any atom is 0.227 e. The molecule has 1 saturated carbocycles. The van der Waals surface area contributed by atoms with Crippen molar-refractivity contribution in [2.24, 2.45) is 23.0 Å². The number of amides is 1. The summed E-state index contributed by atoms with van der Waals surface area (Å²) in [6.45, 7) is 9.13. The van der Waals surface area contributed by atoms with Crippen molar-refractivity contribution in [1.82, 2.24) is 5.32 Å². The van der Waals surface area contributed by atoms with E-state index in [1.165, 1.54) is 6.42 Å². The van der Waals surface area contributed by atoms with E-state index in [0.717, 1.165) is 37.5 Å². The number of nitrogens with one attached hydrogen (secondary N) is 1. The lowest BCUT2D eigenvalue weighted by Crippen LogP contribution is -2.50. The van der Waals surface area contributed by atoms with Crippen LogP contribution in [0, 0.1) is 17.3 Å². The molecular weight excluding hydrogens is 224 g/mol. The van der Waals surface area contributed by atoms with Crippen molar-refractivity contribution in [2.45, 2.75) is 65.8 Å². The normalized spacial score (nSPS) is 29.1. The molecule has 1 aliphatic carbocycles. The first kappa shape index (κ1) is 15.5. The molecule has 0 aromatic heterocycles. The van der Waals surface area contributed by atoms with Crippen molar-refractivity contribution < 1.29 is 4.79 Å². The molecule has 0 aliphatic heterocycles. The van der Waals surface area contributed by atoms with Crippen molar-refractivity contribution in [2.75, 3.05) is 6.54 Å². The molecule has 3 N–H and O–H groups in total. The van der Waals surface area contributed by atoms with Crippen LogP contribution in [-0.2, 0) is 4.79 Å². The van der Waals surface area contributed by atoms with E-state index in [-0.39, 0.29) is 11.3 Å². The zero-order valence-corrected chi connectivity index (χ0v) is 12.5. The third-order valence-electron chi connectivity index (χ3n) is 4.74. The molecular formula is C15H30N2O. The largest absolute Gasteiger partial charge is 0.353 e. The quantitative estimate of drug-likeness (QED) is 0.792. The van der Waals surface area contributed by atoms with Gasteiger partial charge in [0.15, 0.2) is 0 Å². The van der Waals surface area contributed by atoms with Crippen LogP contribution in [0.5, 0.6) is 0 Å². The lowest BCUT2D eigenvalue weighted by Gasteiger charge is -2.36. The molecule has 2 unspecified atom stereocenters. The number of nitrogens with two attached hydrogens (primary N) is 1. The van der Waals surface area contributed by atoms with Gasteiger partial charge in [0.25, 0.3) is 0 Å². The minimum absolute atomic E-state index is 0.168. The molecule has 3 nitrogen and oxygen atoms in total. The van der Waals surface area contributed by atoms with E-state index < -0.39 is 0 Å². The molecule has 1 amide bonds. The van der Waals surface area contributed by atoms with Crippen LogP contribution in [0.4, 0.5) is 0 Å². The van der Waals surface area contributed by atoms with Crippen molar-refractivity contribution in [3.05, 3.63) is 0 Å². The van der Waals surface area contributed by atoms with Crippen LogP contribution in [0.3, 0.4) is 0 Å². The first-order chi connectivity index (χ1) is 8.47. The summed E-state index contributed by atoms with van der Waals surface area (Å²) in [4.78, 5) is 12.4. The fraction of sp³-hybridized carbons (Fsp3) is 0.933. The predicted octanol–water partition coefficient (Wildman–Crippen LogP) is 2.69. The number of rotatable bonds is 5. The number of hydrogen-bond donors (Lipinski definition) is 2. The Morgan fingerprint density at radius 2 is 1.67 bits per heavy atom. The van der Waals surface area contributed by atoms with Gasteiger partial charge < -0.3 is 11.1 Å². The molecule has 0 aromatic rings. The van der Waals surface area contributed by atoms with Crippen LogP contribution in [0.2, 0.25) is 0 Å². The van der Waals surface area contributed by atoms with E-state index in [1.807, 2.05) is 0 Å². The Kier molecular flexibility index (Phi) is 5.64. The van der Waals surface area contributed by atoms with E-state index in [0.29, 0.717) is 12.6 Å². The maximum atomic E-state index is 12.4. The highest BCUT2D eigenvalue weighted by atomic mass is 16.2. The summed E-state index contributed by atoms with van der Waals surface area (Å²) in [6, 6.07) is 0.347. The van der Waals surface area contributed by atoms with Gasteiger partial charge in [-0.3, -0.25) is 4.79 Å². The minimum Gasteiger partial charge on any atom is -0.353 e. The number of carbonyl (C=O) groups excluding carboxylic acids is 1. The topological polar surface area (TPSA) is 55.1 Å². The van der Waals surface area contributed by atoms with Gasteiger partial charge in [-0.2, -0.15) is 0 Å². The second-order valence-electron chi connectivity index (χ2n) is 6.28. The summed E-state index contributed by atoms with van der Waals surface area (Å²) in [6.07, 6.45) is 5.16.